The average molecular weight is 418 g/mol. The zero-order valence-electron chi connectivity index (χ0n) is 16.0. The van der Waals surface area contributed by atoms with Crippen LogP contribution in [0.15, 0.2) is 29.2 Å². The number of fused-ring (bicyclic) bond motifs is 4. The topological polar surface area (TPSA) is 94.9 Å². The fourth-order valence-corrected chi connectivity index (χ4v) is 3.71. The highest BCUT2D eigenvalue weighted by Gasteiger charge is 2.34. The van der Waals surface area contributed by atoms with Crippen LogP contribution in [0.5, 0.6) is 5.75 Å². The first-order valence-electron chi connectivity index (χ1n) is 9.62. The van der Waals surface area contributed by atoms with Crippen molar-refractivity contribution in [3.63, 3.8) is 0 Å². The number of amides is 2. The zero-order valence-corrected chi connectivity index (χ0v) is 16.0. The van der Waals surface area contributed by atoms with Crippen molar-refractivity contribution in [2.45, 2.75) is 25.8 Å². The first kappa shape index (κ1) is 19.9. The van der Waals surface area contributed by atoms with Gasteiger partial charge >= 0.3 is 0 Å². The molecule has 0 spiro atoms. The summed E-state index contributed by atoms with van der Waals surface area (Å²) in [6, 6.07) is 2.94. The van der Waals surface area contributed by atoms with Crippen LogP contribution in [0.4, 0.5) is 8.78 Å². The Hall–Kier alpha value is -3.43. The molecule has 0 radical (unpaired) electrons. The number of carbonyl (C=O) groups excluding carboxylic acids is 2. The summed E-state index contributed by atoms with van der Waals surface area (Å²) in [5.41, 5.74) is -1.48. The standard InChI is InChI=1S/C20H20F2N4O4/c21-13-5-4-12(15(22)8-13)9-23-19(29)14-10-26-16(18(28)17(14)27)20(30)24-6-2-1-3-7-25(26)11-24/h4-5,8,10,28H,1-3,6-7,9,11H2,(H,23,29). The van der Waals surface area contributed by atoms with Crippen molar-refractivity contribution in [1.82, 2.24) is 14.9 Å². The van der Waals surface area contributed by atoms with E-state index in [9.17, 15) is 28.3 Å². The van der Waals surface area contributed by atoms with Crippen LogP contribution in [-0.4, -0.2) is 46.3 Å². The summed E-state index contributed by atoms with van der Waals surface area (Å²) in [6.45, 7) is 1.12. The predicted molar refractivity (Wildman–Crippen MR) is 103 cm³/mol. The lowest BCUT2D eigenvalue weighted by Gasteiger charge is -2.41. The summed E-state index contributed by atoms with van der Waals surface area (Å²) in [4.78, 5) is 39.5. The third-order valence-electron chi connectivity index (χ3n) is 5.34. The van der Waals surface area contributed by atoms with Crippen LogP contribution in [0.2, 0.25) is 0 Å². The molecule has 1 aromatic carbocycles. The van der Waals surface area contributed by atoms with Gasteiger partial charge in [0.05, 0.1) is 0 Å². The summed E-state index contributed by atoms with van der Waals surface area (Å²) in [5, 5.41) is 14.6. The van der Waals surface area contributed by atoms with Crippen molar-refractivity contribution in [3.05, 3.63) is 63.1 Å². The van der Waals surface area contributed by atoms with Gasteiger partial charge in [-0.2, -0.15) is 0 Å². The summed E-state index contributed by atoms with van der Waals surface area (Å²) in [6.07, 6.45) is 3.85. The lowest BCUT2D eigenvalue weighted by Crippen LogP contribution is -2.55. The number of aromatic hydroxyl groups is 1. The number of benzene rings is 1. The van der Waals surface area contributed by atoms with Crippen molar-refractivity contribution < 1.29 is 23.5 Å². The van der Waals surface area contributed by atoms with Gasteiger partial charge in [-0.3, -0.25) is 24.1 Å². The molecule has 2 amide bonds. The Morgan fingerprint density at radius 2 is 1.90 bits per heavy atom. The second-order valence-corrected chi connectivity index (χ2v) is 7.33. The largest absolute Gasteiger partial charge is 0.502 e. The number of rotatable bonds is 3. The molecule has 2 aliphatic heterocycles. The minimum Gasteiger partial charge on any atom is -0.502 e. The molecule has 4 rings (SSSR count). The molecular formula is C20H20F2N4O4. The number of pyridine rings is 1. The molecule has 10 heteroatoms. The monoisotopic (exact) mass is 418 g/mol. The maximum atomic E-state index is 13.8. The molecule has 0 saturated carbocycles. The first-order valence-corrected chi connectivity index (χ1v) is 9.62. The van der Waals surface area contributed by atoms with Crippen LogP contribution in [0.1, 0.15) is 45.7 Å². The van der Waals surface area contributed by atoms with E-state index in [0.29, 0.717) is 19.2 Å². The highest BCUT2D eigenvalue weighted by molar-refractivity contribution is 5.99. The van der Waals surface area contributed by atoms with E-state index in [1.54, 1.807) is 9.91 Å². The molecule has 8 nitrogen and oxygen atoms in total. The molecule has 2 bridgehead atoms. The van der Waals surface area contributed by atoms with Gasteiger partial charge < -0.3 is 15.3 Å². The predicted octanol–water partition coefficient (Wildman–Crippen LogP) is 1.30. The Kier molecular flexibility index (Phi) is 5.15. The van der Waals surface area contributed by atoms with Crippen molar-refractivity contribution in [3.8, 4) is 5.75 Å². The molecule has 30 heavy (non-hydrogen) atoms. The van der Waals surface area contributed by atoms with Gasteiger partial charge in [0.15, 0.2) is 11.4 Å². The van der Waals surface area contributed by atoms with E-state index in [4.69, 9.17) is 0 Å². The Labute approximate surface area is 170 Å². The van der Waals surface area contributed by atoms with Gasteiger partial charge in [0.1, 0.15) is 23.9 Å². The molecule has 2 N–H and O–H groups in total. The maximum Gasteiger partial charge on any atom is 0.277 e. The van der Waals surface area contributed by atoms with Crippen LogP contribution in [0.25, 0.3) is 0 Å². The SMILES string of the molecule is O=C(NCc1ccc(F)cc1F)c1cn2c(c(O)c1=O)C(=O)N1CCCCCN2C1. The fourth-order valence-electron chi connectivity index (χ4n) is 3.71. The van der Waals surface area contributed by atoms with Gasteiger partial charge in [-0.1, -0.05) is 6.07 Å². The van der Waals surface area contributed by atoms with E-state index in [0.717, 1.165) is 25.3 Å². The summed E-state index contributed by atoms with van der Waals surface area (Å²) in [5.74, 6) is -3.67. The molecule has 1 fully saturated rings. The molecule has 2 aromatic rings. The lowest BCUT2D eigenvalue weighted by molar-refractivity contribution is 0.0671. The summed E-state index contributed by atoms with van der Waals surface area (Å²) >= 11 is 0. The normalized spacial score (nSPS) is 16.0. The van der Waals surface area contributed by atoms with E-state index >= 15 is 0 Å². The van der Waals surface area contributed by atoms with E-state index in [-0.39, 0.29) is 30.0 Å². The highest BCUT2D eigenvalue weighted by Crippen LogP contribution is 2.23. The Balaban J connectivity index is 1.65. The molecule has 0 aliphatic carbocycles. The number of hydrogen-bond acceptors (Lipinski definition) is 5. The zero-order chi connectivity index (χ0) is 21.4. The van der Waals surface area contributed by atoms with Crippen molar-refractivity contribution in [2.24, 2.45) is 0 Å². The van der Waals surface area contributed by atoms with Crippen LogP contribution >= 0.6 is 0 Å². The van der Waals surface area contributed by atoms with Gasteiger partial charge in [0.25, 0.3) is 11.8 Å². The molecule has 2 aliphatic rings. The number of carbonyl (C=O) groups is 2. The van der Waals surface area contributed by atoms with Gasteiger partial charge in [-0.05, 0) is 25.3 Å². The van der Waals surface area contributed by atoms with E-state index in [1.165, 1.54) is 16.9 Å². The third kappa shape index (κ3) is 3.49. The number of hydrogen-bond donors (Lipinski definition) is 2. The molecule has 158 valence electrons. The van der Waals surface area contributed by atoms with Crippen LogP contribution in [0, 0.1) is 11.6 Å². The quantitative estimate of drug-likeness (QED) is 0.784. The molecule has 1 aromatic heterocycles. The first-order chi connectivity index (χ1) is 14.4. The lowest BCUT2D eigenvalue weighted by atomic mass is 10.1. The van der Waals surface area contributed by atoms with E-state index in [1.807, 2.05) is 0 Å². The van der Waals surface area contributed by atoms with E-state index in [2.05, 4.69) is 5.32 Å². The second-order valence-electron chi connectivity index (χ2n) is 7.33. The highest BCUT2D eigenvalue weighted by atomic mass is 19.1. The Bertz CT molecular complexity index is 1090. The van der Waals surface area contributed by atoms with E-state index < -0.39 is 34.6 Å². The van der Waals surface area contributed by atoms with Gasteiger partial charge in [0, 0.05) is 37.5 Å². The number of aromatic nitrogens is 1. The second kappa shape index (κ2) is 7.77. The molecule has 0 atom stereocenters. The minimum absolute atomic E-state index is 0.0432. The summed E-state index contributed by atoms with van der Waals surface area (Å²) in [7, 11) is 0. The van der Waals surface area contributed by atoms with Crippen molar-refractivity contribution in [1.29, 1.82) is 0 Å². The maximum absolute atomic E-state index is 13.8. The van der Waals surface area contributed by atoms with Crippen LogP contribution in [-0.2, 0) is 6.54 Å². The smallest absolute Gasteiger partial charge is 0.277 e. The molecule has 3 heterocycles. The van der Waals surface area contributed by atoms with Crippen LogP contribution < -0.4 is 15.8 Å². The fraction of sp³-hybridized carbons (Fsp3) is 0.350. The van der Waals surface area contributed by atoms with Crippen molar-refractivity contribution in [2.75, 3.05) is 24.8 Å². The minimum atomic E-state index is -0.981. The van der Waals surface area contributed by atoms with Crippen molar-refractivity contribution >= 4 is 11.8 Å². The summed E-state index contributed by atoms with van der Waals surface area (Å²) < 4.78 is 28.2. The molecule has 1 saturated heterocycles. The molecular weight excluding hydrogens is 398 g/mol. The van der Waals surface area contributed by atoms with Gasteiger partial charge in [0.2, 0.25) is 5.43 Å². The average Bonchev–Trinajstić information content (AvgIpc) is 2.68. The van der Waals surface area contributed by atoms with Crippen LogP contribution in [0.3, 0.4) is 0 Å². The number of halogens is 2. The molecule has 0 unspecified atom stereocenters. The number of nitrogens with zero attached hydrogens (tertiary/aromatic N) is 3. The Morgan fingerprint density at radius 1 is 1.13 bits per heavy atom. The Morgan fingerprint density at radius 3 is 2.67 bits per heavy atom. The third-order valence-corrected chi connectivity index (χ3v) is 5.34. The number of nitrogens with one attached hydrogen (secondary N) is 1. The van der Waals surface area contributed by atoms with Gasteiger partial charge in [-0.25, -0.2) is 8.78 Å². The van der Waals surface area contributed by atoms with Gasteiger partial charge in [-0.15, -0.1) is 0 Å².